The van der Waals surface area contributed by atoms with Gasteiger partial charge < -0.3 is 14.1 Å². The van der Waals surface area contributed by atoms with Crippen LogP contribution in [0.4, 0.5) is 4.39 Å². The fourth-order valence-corrected chi connectivity index (χ4v) is 3.60. The number of carbonyl (C=O) groups excluding carboxylic acids is 2. The van der Waals surface area contributed by atoms with E-state index in [0.717, 1.165) is 25.7 Å². The Labute approximate surface area is 152 Å². The summed E-state index contributed by atoms with van der Waals surface area (Å²) in [6.07, 6.45) is 3.07. The van der Waals surface area contributed by atoms with Crippen molar-refractivity contribution in [1.82, 2.24) is 4.90 Å². The molecule has 1 amide bonds. The molecule has 0 bridgehead atoms. The lowest BCUT2D eigenvalue weighted by molar-refractivity contribution is -0.143. The predicted octanol–water partition coefficient (Wildman–Crippen LogP) is 4.22. The highest BCUT2D eigenvalue weighted by Gasteiger charge is 2.31. The van der Waals surface area contributed by atoms with E-state index >= 15 is 0 Å². The minimum absolute atomic E-state index is 0.0101. The van der Waals surface area contributed by atoms with E-state index in [1.807, 2.05) is 4.90 Å². The number of nitrogens with zero attached hydrogens (tertiary/aromatic N) is 1. The number of likely N-dealkylation sites (tertiary alicyclic amines) is 1. The van der Waals surface area contributed by atoms with Crippen LogP contribution >= 0.6 is 0 Å². The van der Waals surface area contributed by atoms with Crippen LogP contribution < -0.4 is 0 Å². The summed E-state index contributed by atoms with van der Waals surface area (Å²) in [5.41, 5.74) is 0.922. The number of hydrogen-bond donors (Lipinski definition) is 0. The molecule has 1 saturated heterocycles. The van der Waals surface area contributed by atoms with E-state index in [4.69, 9.17) is 9.15 Å². The molecule has 1 fully saturated rings. The summed E-state index contributed by atoms with van der Waals surface area (Å²) in [4.78, 5) is 27.0. The maximum atomic E-state index is 13.4. The van der Waals surface area contributed by atoms with Gasteiger partial charge in [-0.3, -0.25) is 4.79 Å². The number of benzene rings is 1. The number of aryl methyl sites for hydroxylation is 1. The maximum absolute atomic E-state index is 13.4. The number of amides is 1. The highest BCUT2D eigenvalue weighted by molar-refractivity contribution is 5.97. The van der Waals surface area contributed by atoms with Gasteiger partial charge in [-0.05, 0) is 57.7 Å². The SMILES string of the molecule is CCC1CCCCN1C(=O)C(C)OC(=O)c1oc2ccc(F)cc2c1C. The van der Waals surface area contributed by atoms with Gasteiger partial charge in [0.2, 0.25) is 5.76 Å². The Morgan fingerprint density at radius 3 is 2.88 bits per heavy atom. The van der Waals surface area contributed by atoms with Gasteiger partial charge in [-0.25, -0.2) is 9.18 Å². The molecule has 1 aliphatic heterocycles. The van der Waals surface area contributed by atoms with Crippen molar-refractivity contribution in [3.05, 3.63) is 35.3 Å². The maximum Gasteiger partial charge on any atom is 0.375 e. The molecule has 0 aliphatic carbocycles. The highest BCUT2D eigenvalue weighted by atomic mass is 19.1. The van der Waals surface area contributed by atoms with Crippen LogP contribution in [0.3, 0.4) is 0 Å². The number of piperidine rings is 1. The molecule has 1 aromatic heterocycles. The first-order valence-corrected chi connectivity index (χ1v) is 9.12. The van der Waals surface area contributed by atoms with Crippen molar-refractivity contribution >= 4 is 22.8 Å². The topological polar surface area (TPSA) is 59.8 Å². The smallest absolute Gasteiger partial charge is 0.375 e. The Hall–Kier alpha value is -2.37. The normalized spacial score (nSPS) is 18.8. The van der Waals surface area contributed by atoms with Gasteiger partial charge in [0, 0.05) is 23.5 Å². The lowest BCUT2D eigenvalue weighted by atomic mass is 9.99. The molecule has 1 aromatic carbocycles. The van der Waals surface area contributed by atoms with E-state index in [1.54, 1.807) is 13.8 Å². The minimum atomic E-state index is -0.890. The van der Waals surface area contributed by atoms with Crippen molar-refractivity contribution < 1.29 is 23.1 Å². The van der Waals surface area contributed by atoms with E-state index in [-0.39, 0.29) is 17.7 Å². The van der Waals surface area contributed by atoms with Gasteiger partial charge in [-0.1, -0.05) is 6.92 Å². The van der Waals surface area contributed by atoms with Crippen LogP contribution in [0.5, 0.6) is 0 Å². The number of hydrogen-bond acceptors (Lipinski definition) is 4. The molecule has 3 rings (SSSR count). The summed E-state index contributed by atoms with van der Waals surface area (Å²) >= 11 is 0. The van der Waals surface area contributed by atoms with Gasteiger partial charge in [0.05, 0.1) is 0 Å². The molecule has 2 heterocycles. The molecular formula is C20H24FNO4. The summed E-state index contributed by atoms with van der Waals surface area (Å²) in [6, 6.07) is 4.27. The highest BCUT2D eigenvalue weighted by Crippen LogP contribution is 2.27. The van der Waals surface area contributed by atoms with Crippen LogP contribution in [-0.4, -0.2) is 35.5 Å². The first-order valence-electron chi connectivity index (χ1n) is 9.12. The molecule has 5 nitrogen and oxygen atoms in total. The number of ether oxygens (including phenoxy) is 1. The summed E-state index contributed by atoms with van der Waals surface area (Å²) in [6.45, 7) is 6.01. The number of rotatable bonds is 4. The molecule has 6 heteroatoms. The third kappa shape index (κ3) is 3.45. The second-order valence-corrected chi connectivity index (χ2v) is 6.83. The molecule has 26 heavy (non-hydrogen) atoms. The van der Waals surface area contributed by atoms with E-state index < -0.39 is 17.9 Å². The second-order valence-electron chi connectivity index (χ2n) is 6.83. The van der Waals surface area contributed by atoms with Crippen LogP contribution in [0.25, 0.3) is 11.0 Å². The molecule has 1 aliphatic rings. The van der Waals surface area contributed by atoms with Gasteiger partial charge in [0.1, 0.15) is 11.4 Å². The van der Waals surface area contributed by atoms with Crippen LogP contribution in [0, 0.1) is 12.7 Å². The second kappa shape index (κ2) is 7.48. The Bertz CT molecular complexity index is 829. The predicted molar refractivity (Wildman–Crippen MR) is 95.4 cm³/mol. The monoisotopic (exact) mass is 361 g/mol. The number of esters is 1. The fraction of sp³-hybridized carbons (Fsp3) is 0.500. The summed E-state index contributed by atoms with van der Waals surface area (Å²) in [5, 5.41) is 0.526. The van der Waals surface area contributed by atoms with E-state index in [9.17, 15) is 14.0 Å². The zero-order chi connectivity index (χ0) is 18.8. The number of halogens is 1. The Morgan fingerprint density at radius 1 is 1.38 bits per heavy atom. The molecule has 2 unspecified atom stereocenters. The van der Waals surface area contributed by atoms with Crippen LogP contribution in [0.2, 0.25) is 0 Å². The third-order valence-corrected chi connectivity index (χ3v) is 5.10. The largest absolute Gasteiger partial charge is 0.449 e. The van der Waals surface area contributed by atoms with Crippen molar-refractivity contribution in [3.8, 4) is 0 Å². The molecular weight excluding hydrogens is 337 g/mol. The molecule has 0 N–H and O–H groups in total. The standard InChI is InChI=1S/C20H24FNO4/c1-4-15-7-5-6-10-22(15)19(23)13(3)25-20(24)18-12(2)16-11-14(21)8-9-17(16)26-18/h8-9,11,13,15H,4-7,10H2,1-3H3. The third-order valence-electron chi connectivity index (χ3n) is 5.10. The molecule has 0 spiro atoms. The van der Waals surface area contributed by atoms with Crippen molar-refractivity contribution in [2.75, 3.05) is 6.54 Å². The molecule has 2 aromatic rings. The van der Waals surface area contributed by atoms with E-state index in [0.29, 0.717) is 23.1 Å². The lowest BCUT2D eigenvalue weighted by Gasteiger charge is -2.36. The summed E-state index contributed by atoms with van der Waals surface area (Å²) in [5.74, 6) is -1.27. The molecule has 2 atom stereocenters. The molecule has 140 valence electrons. The first-order chi connectivity index (χ1) is 12.4. The van der Waals surface area contributed by atoms with Gasteiger partial charge in [-0.15, -0.1) is 0 Å². The quantitative estimate of drug-likeness (QED) is 0.765. The van der Waals surface area contributed by atoms with E-state index in [2.05, 4.69) is 6.92 Å². The van der Waals surface area contributed by atoms with Gasteiger partial charge >= 0.3 is 5.97 Å². The van der Waals surface area contributed by atoms with Gasteiger partial charge in [0.15, 0.2) is 6.10 Å². The van der Waals surface area contributed by atoms with Crippen molar-refractivity contribution in [2.24, 2.45) is 0 Å². The van der Waals surface area contributed by atoms with Gasteiger partial charge in [0.25, 0.3) is 5.91 Å². The molecule has 0 radical (unpaired) electrons. The Balaban J connectivity index is 1.75. The lowest BCUT2D eigenvalue weighted by Crippen LogP contribution is -2.48. The van der Waals surface area contributed by atoms with E-state index in [1.165, 1.54) is 18.2 Å². The van der Waals surface area contributed by atoms with Gasteiger partial charge in [-0.2, -0.15) is 0 Å². The van der Waals surface area contributed by atoms with Crippen LogP contribution in [0.1, 0.15) is 55.6 Å². The number of furan rings is 1. The average Bonchev–Trinajstić information content (AvgIpc) is 2.97. The Morgan fingerprint density at radius 2 is 2.15 bits per heavy atom. The van der Waals surface area contributed by atoms with Crippen LogP contribution in [0.15, 0.2) is 22.6 Å². The fourth-order valence-electron chi connectivity index (χ4n) is 3.60. The zero-order valence-electron chi connectivity index (χ0n) is 15.4. The van der Waals surface area contributed by atoms with Crippen LogP contribution in [-0.2, 0) is 9.53 Å². The van der Waals surface area contributed by atoms with Crippen molar-refractivity contribution in [2.45, 2.75) is 58.6 Å². The summed E-state index contributed by atoms with van der Waals surface area (Å²) < 4.78 is 24.3. The minimum Gasteiger partial charge on any atom is -0.449 e. The first kappa shape index (κ1) is 18.4. The summed E-state index contributed by atoms with van der Waals surface area (Å²) in [7, 11) is 0. The molecule has 0 saturated carbocycles. The van der Waals surface area contributed by atoms with Crippen molar-refractivity contribution in [3.63, 3.8) is 0 Å². The Kier molecular flexibility index (Phi) is 5.30. The van der Waals surface area contributed by atoms with Crippen molar-refractivity contribution in [1.29, 1.82) is 0 Å². The average molecular weight is 361 g/mol. The number of carbonyl (C=O) groups is 2. The number of fused-ring (bicyclic) bond motifs is 1. The zero-order valence-corrected chi connectivity index (χ0v) is 15.4.